The van der Waals surface area contributed by atoms with Crippen LogP contribution >= 0.6 is 11.8 Å². The number of rotatable bonds is 10. The van der Waals surface area contributed by atoms with Crippen molar-refractivity contribution in [3.05, 3.63) is 126 Å². The van der Waals surface area contributed by atoms with Crippen molar-refractivity contribution in [2.24, 2.45) is 0 Å². The molecule has 0 saturated carbocycles. The van der Waals surface area contributed by atoms with Gasteiger partial charge in [-0.1, -0.05) is 43.3 Å². The molecule has 0 aliphatic carbocycles. The summed E-state index contributed by atoms with van der Waals surface area (Å²) in [6.45, 7) is 1.79. The first-order valence-corrected chi connectivity index (χ1v) is 14.0. The summed E-state index contributed by atoms with van der Waals surface area (Å²) in [5.74, 6) is -1.50. The standard InChI is InChI=1S/C32H27F3N4O3S/c1-2-28(31(42)38-24-13-6-12-23(18-24)32(33,34)35)43-26-15-7-14-25(19-26)37-30(41)27(17-21-9-8-16-36-20-21)39-29(40)22-10-4-3-5-11-22/h3-20,28H,2H2,1H3,(H,37,41)(H,38,42)(H,39,40)/b27-17-. The Kier molecular flexibility index (Phi) is 10.3. The van der Waals surface area contributed by atoms with Gasteiger partial charge >= 0.3 is 6.18 Å². The first-order chi connectivity index (χ1) is 20.6. The Morgan fingerprint density at radius 2 is 1.60 bits per heavy atom. The van der Waals surface area contributed by atoms with E-state index in [0.29, 0.717) is 28.1 Å². The number of anilines is 2. The molecule has 0 fully saturated rings. The number of hydrogen-bond donors (Lipinski definition) is 3. The lowest BCUT2D eigenvalue weighted by atomic mass is 10.2. The van der Waals surface area contributed by atoms with E-state index in [-0.39, 0.29) is 11.4 Å². The molecule has 0 spiro atoms. The second-order valence-electron chi connectivity index (χ2n) is 9.23. The van der Waals surface area contributed by atoms with Gasteiger partial charge in [0, 0.05) is 34.2 Å². The Morgan fingerprint density at radius 3 is 2.28 bits per heavy atom. The van der Waals surface area contributed by atoms with E-state index in [1.54, 1.807) is 86.0 Å². The predicted molar refractivity (Wildman–Crippen MR) is 161 cm³/mol. The number of amides is 3. The molecule has 11 heteroatoms. The number of nitrogens with one attached hydrogen (secondary N) is 3. The summed E-state index contributed by atoms with van der Waals surface area (Å²) in [7, 11) is 0. The minimum Gasteiger partial charge on any atom is -0.325 e. The molecule has 7 nitrogen and oxygen atoms in total. The molecular formula is C32H27F3N4O3S. The molecule has 3 amide bonds. The monoisotopic (exact) mass is 604 g/mol. The van der Waals surface area contributed by atoms with Crippen molar-refractivity contribution < 1.29 is 27.6 Å². The van der Waals surface area contributed by atoms with Gasteiger partial charge in [-0.3, -0.25) is 19.4 Å². The van der Waals surface area contributed by atoms with E-state index in [1.165, 1.54) is 30.0 Å². The maximum Gasteiger partial charge on any atom is 0.416 e. The molecule has 0 aliphatic rings. The second-order valence-corrected chi connectivity index (χ2v) is 10.5. The Hall–Kier alpha value is -4.90. The molecule has 3 N–H and O–H groups in total. The highest BCUT2D eigenvalue weighted by molar-refractivity contribution is 8.00. The molecule has 4 aromatic rings. The van der Waals surface area contributed by atoms with Crippen molar-refractivity contribution >= 4 is 46.9 Å². The van der Waals surface area contributed by atoms with Crippen molar-refractivity contribution in [2.45, 2.75) is 29.7 Å². The van der Waals surface area contributed by atoms with Crippen LogP contribution in [0.2, 0.25) is 0 Å². The molecule has 43 heavy (non-hydrogen) atoms. The molecule has 1 atom stereocenters. The van der Waals surface area contributed by atoms with Gasteiger partial charge in [-0.25, -0.2) is 0 Å². The van der Waals surface area contributed by atoms with Gasteiger partial charge in [0.05, 0.1) is 10.8 Å². The van der Waals surface area contributed by atoms with Crippen molar-refractivity contribution in [1.82, 2.24) is 10.3 Å². The number of pyridine rings is 1. The molecule has 1 heterocycles. The normalized spacial score (nSPS) is 12.2. The van der Waals surface area contributed by atoms with Crippen LogP contribution in [-0.2, 0) is 15.8 Å². The molecule has 0 radical (unpaired) electrons. The summed E-state index contributed by atoms with van der Waals surface area (Å²) >= 11 is 1.21. The third-order valence-corrected chi connectivity index (χ3v) is 7.37. The van der Waals surface area contributed by atoms with Crippen LogP contribution in [0.3, 0.4) is 0 Å². The van der Waals surface area contributed by atoms with Crippen LogP contribution in [0.5, 0.6) is 0 Å². The van der Waals surface area contributed by atoms with Crippen LogP contribution in [0, 0.1) is 0 Å². The summed E-state index contributed by atoms with van der Waals surface area (Å²) in [6, 6.07) is 23.1. The summed E-state index contributed by atoms with van der Waals surface area (Å²) in [6.07, 6.45) is 0.519. The zero-order chi connectivity index (χ0) is 30.8. The number of benzene rings is 3. The molecule has 0 aliphatic heterocycles. The SMILES string of the molecule is CCC(Sc1cccc(NC(=O)/C(=C/c2cccnc2)NC(=O)c2ccccc2)c1)C(=O)Nc1cccc(C(F)(F)F)c1. The third-order valence-electron chi connectivity index (χ3n) is 6.02. The van der Waals surface area contributed by atoms with Crippen LogP contribution in [-0.4, -0.2) is 28.0 Å². The Morgan fingerprint density at radius 1 is 0.884 bits per heavy atom. The molecule has 1 aromatic heterocycles. The number of carbonyl (C=O) groups excluding carboxylic acids is 3. The summed E-state index contributed by atoms with van der Waals surface area (Å²) in [4.78, 5) is 43.8. The van der Waals surface area contributed by atoms with E-state index in [2.05, 4.69) is 20.9 Å². The highest BCUT2D eigenvalue weighted by Gasteiger charge is 2.30. The smallest absolute Gasteiger partial charge is 0.325 e. The summed E-state index contributed by atoms with van der Waals surface area (Å²) in [5.41, 5.74) is 0.570. The van der Waals surface area contributed by atoms with E-state index >= 15 is 0 Å². The average Bonchev–Trinajstić information content (AvgIpc) is 3.00. The minimum atomic E-state index is -4.53. The molecule has 0 bridgehead atoms. The van der Waals surface area contributed by atoms with Gasteiger partial charge in [-0.2, -0.15) is 13.2 Å². The van der Waals surface area contributed by atoms with Crippen LogP contribution in [0.4, 0.5) is 24.5 Å². The molecule has 4 rings (SSSR count). The zero-order valence-electron chi connectivity index (χ0n) is 22.9. The lowest BCUT2D eigenvalue weighted by Gasteiger charge is -2.16. The molecule has 220 valence electrons. The van der Waals surface area contributed by atoms with Crippen molar-refractivity contribution in [3.63, 3.8) is 0 Å². The first kappa shape index (κ1) is 31.0. The van der Waals surface area contributed by atoms with Crippen LogP contribution in [0.1, 0.15) is 34.8 Å². The first-order valence-electron chi connectivity index (χ1n) is 13.2. The number of thioether (sulfide) groups is 1. The Balaban J connectivity index is 1.47. The van der Waals surface area contributed by atoms with Gasteiger partial charge in [0.25, 0.3) is 11.8 Å². The maximum absolute atomic E-state index is 13.3. The second kappa shape index (κ2) is 14.3. The Bertz CT molecular complexity index is 1610. The van der Waals surface area contributed by atoms with E-state index < -0.39 is 34.7 Å². The lowest BCUT2D eigenvalue weighted by molar-refractivity contribution is -0.137. The van der Waals surface area contributed by atoms with E-state index in [9.17, 15) is 27.6 Å². The molecular weight excluding hydrogens is 577 g/mol. The molecule has 0 saturated heterocycles. The topological polar surface area (TPSA) is 100 Å². The number of hydrogen-bond acceptors (Lipinski definition) is 5. The zero-order valence-corrected chi connectivity index (χ0v) is 23.7. The fourth-order valence-corrected chi connectivity index (χ4v) is 4.91. The Labute approximate surface area is 250 Å². The van der Waals surface area contributed by atoms with Gasteiger partial charge in [0.2, 0.25) is 5.91 Å². The quantitative estimate of drug-likeness (QED) is 0.133. The summed E-state index contributed by atoms with van der Waals surface area (Å²) < 4.78 is 39.2. The average molecular weight is 605 g/mol. The number of nitrogens with zero attached hydrogens (tertiary/aromatic N) is 1. The maximum atomic E-state index is 13.3. The van der Waals surface area contributed by atoms with E-state index in [0.717, 1.165) is 12.1 Å². The van der Waals surface area contributed by atoms with E-state index in [1.807, 2.05) is 0 Å². The molecule has 3 aromatic carbocycles. The number of halogens is 3. The van der Waals surface area contributed by atoms with Gasteiger partial charge in [0.15, 0.2) is 0 Å². The van der Waals surface area contributed by atoms with Crippen LogP contribution < -0.4 is 16.0 Å². The van der Waals surface area contributed by atoms with Crippen LogP contribution in [0.25, 0.3) is 6.08 Å². The fraction of sp³-hybridized carbons (Fsp3) is 0.125. The van der Waals surface area contributed by atoms with Gasteiger partial charge < -0.3 is 16.0 Å². The van der Waals surface area contributed by atoms with Crippen molar-refractivity contribution in [1.29, 1.82) is 0 Å². The highest BCUT2D eigenvalue weighted by Crippen LogP contribution is 2.32. The largest absolute Gasteiger partial charge is 0.416 e. The highest BCUT2D eigenvalue weighted by atomic mass is 32.2. The van der Waals surface area contributed by atoms with Gasteiger partial charge in [0.1, 0.15) is 5.70 Å². The van der Waals surface area contributed by atoms with E-state index in [4.69, 9.17) is 0 Å². The predicted octanol–water partition coefficient (Wildman–Crippen LogP) is 7.02. The van der Waals surface area contributed by atoms with Crippen LogP contribution in [0.15, 0.2) is 114 Å². The number of aromatic nitrogens is 1. The number of alkyl halides is 3. The van der Waals surface area contributed by atoms with Crippen molar-refractivity contribution in [3.8, 4) is 0 Å². The van der Waals surface area contributed by atoms with Gasteiger partial charge in [-0.15, -0.1) is 11.8 Å². The third kappa shape index (κ3) is 9.04. The fourth-order valence-electron chi connectivity index (χ4n) is 3.90. The molecule has 1 unspecified atom stereocenters. The lowest BCUT2D eigenvalue weighted by Crippen LogP contribution is -2.30. The minimum absolute atomic E-state index is 0.00758. The number of carbonyl (C=O) groups is 3. The van der Waals surface area contributed by atoms with Crippen molar-refractivity contribution in [2.75, 3.05) is 10.6 Å². The van der Waals surface area contributed by atoms with Gasteiger partial charge in [-0.05, 0) is 72.7 Å². The summed E-state index contributed by atoms with van der Waals surface area (Å²) in [5, 5.41) is 7.38.